The van der Waals surface area contributed by atoms with Gasteiger partial charge in [-0.1, -0.05) is 37.6 Å². The maximum Gasteiger partial charge on any atom is 0.339 e. The predicted octanol–water partition coefficient (Wildman–Crippen LogP) is 4.71. The molecule has 3 heteroatoms. The third-order valence-corrected chi connectivity index (χ3v) is 4.25. The number of hydrogen-bond acceptors (Lipinski definition) is 2. The molecule has 0 aromatic heterocycles. The third kappa shape index (κ3) is 2.92. The van der Waals surface area contributed by atoms with Gasteiger partial charge in [-0.05, 0) is 42.7 Å². The maximum absolute atomic E-state index is 13.8. The Morgan fingerprint density at radius 2 is 1.90 bits per heavy atom. The van der Waals surface area contributed by atoms with Crippen LogP contribution in [-0.4, -0.2) is 12.1 Å². The fourth-order valence-corrected chi connectivity index (χ4v) is 3.14. The van der Waals surface area contributed by atoms with Crippen LogP contribution >= 0.6 is 0 Å². The van der Waals surface area contributed by atoms with E-state index in [0.717, 1.165) is 19.3 Å². The van der Waals surface area contributed by atoms with Crippen LogP contribution in [0.4, 0.5) is 4.39 Å². The van der Waals surface area contributed by atoms with Gasteiger partial charge >= 0.3 is 5.97 Å². The van der Waals surface area contributed by atoms with Gasteiger partial charge in [0.25, 0.3) is 0 Å². The lowest BCUT2D eigenvalue weighted by molar-refractivity contribution is 0.0157. The van der Waals surface area contributed by atoms with E-state index in [2.05, 4.69) is 6.92 Å². The monoisotopic (exact) mass is 286 g/mol. The Balaban J connectivity index is 1.86. The summed E-state index contributed by atoms with van der Waals surface area (Å²) in [7, 11) is 0. The van der Waals surface area contributed by atoms with E-state index >= 15 is 0 Å². The average Bonchev–Trinajstić information content (AvgIpc) is 2.48. The molecule has 1 fully saturated rings. The number of hydrogen-bond donors (Lipinski definition) is 0. The number of halogens is 1. The van der Waals surface area contributed by atoms with E-state index in [1.165, 1.54) is 18.6 Å². The normalized spacial score (nSPS) is 22.2. The van der Waals surface area contributed by atoms with Crippen LogP contribution in [0.25, 0.3) is 10.8 Å². The second kappa shape index (κ2) is 5.84. The Labute approximate surface area is 123 Å². The van der Waals surface area contributed by atoms with Gasteiger partial charge < -0.3 is 4.74 Å². The summed E-state index contributed by atoms with van der Waals surface area (Å²) in [6, 6.07) is 9.88. The number of esters is 1. The molecule has 2 atom stereocenters. The van der Waals surface area contributed by atoms with E-state index in [4.69, 9.17) is 4.74 Å². The van der Waals surface area contributed by atoms with Crippen molar-refractivity contribution in [3.63, 3.8) is 0 Å². The minimum absolute atomic E-state index is 0.00920. The molecule has 21 heavy (non-hydrogen) atoms. The zero-order chi connectivity index (χ0) is 14.8. The molecule has 1 saturated carbocycles. The Morgan fingerprint density at radius 1 is 1.14 bits per heavy atom. The fraction of sp³-hybridized carbons (Fsp3) is 0.389. The van der Waals surface area contributed by atoms with Crippen LogP contribution in [0.15, 0.2) is 36.4 Å². The molecule has 2 aromatic carbocycles. The second-order valence-corrected chi connectivity index (χ2v) is 5.94. The summed E-state index contributed by atoms with van der Waals surface area (Å²) >= 11 is 0. The van der Waals surface area contributed by atoms with Crippen molar-refractivity contribution in [3.05, 3.63) is 47.8 Å². The molecule has 110 valence electrons. The fourth-order valence-electron chi connectivity index (χ4n) is 3.14. The predicted molar refractivity (Wildman–Crippen MR) is 80.7 cm³/mol. The molecule has 2 aromatic rings. The van der Waals surface area contributed by atoms with Crippen molar-refractivity contribution in [1.82, 2.24) is 0 Å². The first kappa shape index (κ1) is 14.1. The quantitative estimate of drug-likeness (QED) is 0.747. The van der Waals surface area contributed by atoms with Crippen molar-refractivity contribution in [2.45, 2.75) is 38.7 Å². The van der Waals surface area contributed by atoms with Crippen LogP contribution < -0.4 is 0 Å². The smallest absolute Gasteiger partial charge is 0.339 e. The Kier molecular flexibility index (Phi) is 3.91. The van der Waals surface area contributed by atoms with Gasteiger partial charge in [0.15, 0.2) is 0 Å². The first-order valence-corrected chi connectivity index (χ1v) is 7.53. The Bertz CT molecular complexity index is 665. The first-order valence-electron chi connectivity index (χ1n) is 7.53. The maximum atomic E-state index is 13.8. The van der Waals surface area contributed by atoms with E-state index in [1.807, 2.05) is 0 Å². The van der Waals surface area contributed by atoms with E-state index in [1.54, 1.807) is 24.3 Å². The number of fused-ring (bicyclic) bond motifs is 1. The third-order valence-electron chi connectivity index (χ3n) is 4.25. The lowest BCUT2D eigenvalue weighted by Crippen LogP contribution is -2.24. The lowest BCUT2D eigenvalue weighted by Gasteiger charge is -2.26. The van der Waals surface area contributed by atoms with Crippen molar-refractivity contribution in [2.75, 3.05) is 0 Å². The highest BCUT2D eigenvalue weighted by molar-refractivity contribution is 6.04. The summed E-state index contributed by atoms with van der Waals surface area (Å²) in [5.41, 5.74) is 0.449. The minimum atomic E-state index is -0.342. The molecule has 1 aliphatic carbocycles. The molecule has 2 unspecified atom stereocenters. The molecule has 0 spiro atoms. The number of carbonyl (C=O) groups is 1. The average molecular weight is 286 g/mol. The van der Waals surface area contributed by atoms with Crippen molar-refractivity contribution in [1.29, 1.82) is 0 Å². The molecule has 3 rings (SSSR count). The second-order valence-electron chi connectivity index (χ2n) is 5.94. The van der Waals surface area contributed by atoms with Gasteiger partial charge in [0.1, 0.15) is 11.9 Å². The van der Waals surface area contributed by atoms with Crippen LogP contribution in [0.3, 0.4) is 0 Å². The van der Waals surface area contributed by atoms with Gasteiger partial charge in [0.05, 0.1) is 5.56 Å². The Morgan fingerprint density at radius 3 is 2.67 bits per heavy atom. The SMILES string of the molecule is CC1CCCC(OC(=O)c2ccc(F)c3ccccc23)C1. The van der Waals surface area contributed by atoms with Crippen molar-refractivity contribution in [3.8, 4) is 0 Å². The zero-order valence-corrected chi connectivity index (χ0v) is 12.1. The van der Waals surface area contributed by atoms with Gasteiger partial charge in [-0.3, -0.25) is 0 Å². The molecule has 0 amide bonds. The van der Waals surface area contributed by atoms with Gasteiger partial charge in [0, 0.05) is 5.39 Å². The summed E-state index contributed by atoms with van der Waals surface area (Å²) in [4.78, 5) is 12.4. The molecule has 0 aliphatic heterocycles. The van der Waals surface area contributed by atoms with E-state index in [-0.39, 0.29) is 17.9 Å². The molecule has 0 N–H and O–H groups in total. The van der Waals surface area contributed by atoms with Crippen molar-refractivity contribution >= 4 is 16.7 Å². The van der Waals surface area contributed by atoms with Gasteiger partial charge in [0.2, 0.25) is 0 Å². The highest BCUT2D eigenvalue weighted by atomic mass is 19.1. The molecule has 0 radical (unpaired) electrons. The first-order chi connectivity index (χ1) is 10.1. The van der Waals surface area contributed by atoms with Crippen LogP contribution in [0.2, 0.25) is 0 Å². The summed E-state index contributed by atoms with van der Waals surface area (Å²) in [5.74, 6) is -0.0553. The zero-order valence-electron chi connectivity index (χ0n) is 12.1. The summed E-state index contributed by atoms with van der Waals surface area (Å²) in [6.45, 7) is 2.19. The number of rotatable bonds is 2. The number of carbonyl (C=O) groups excluding carboxylic acids is 1. The van der Waals surface area contributed by atoms with E-state index in [0.29, 0.717) is 22.3 Å². The van der Waals surface area contributed by atoms with Gasteiger partial charge in [-0.25, -0.2) is 9.18 Å². The molecule has 0 bridgehead atoms. The lowest BCUT2D eigenvalue weighted by atomic mass is 9.88. The van der Waals surface area contributed by atoms with Crippen molar-refractivity contribution in [2.24, 2.45) is 5.92 Å². The topological polar surface area (TPSA) is 26.3 Å². The largest absolute Gasteiger partial charge is 0.459 e. The standard InChI is InChI=1S/C18H19FO2/c1-12-5-4-6-13(11-12)21-18(20)16-9-10-17(19)15-8-3-2-7-14(15)16/h2-3,7-10,12-13H,4-6,11H2,1H3. The highest BCUT2D eigenvalue weighted by Crippen LogP contribution is 2.28. The summed E-state index contributed by atoms with van der Waals surface area (Å²) in [6.07, 6.45) is 4.14. The van der Waals surface area contributed by atoms with Gasteiger partial charge in [-0.15, -0.1) is 0 Å². The minimum Gasteiger partial charge on any atom is -0.459 e. The van der Waals surface area contributed by atoms with E-state index in [9.17, 15) is 9.18 Å². The van der Waals surface area contributed by atoms with Gasteiger partial charge in [-0.2, -0.15) is 0 Å². The molecular weight excluding hydrogens is 267 g/mol. The number of benzene rings is 2. The summed E-state index contributed by atoms with van der Waals surface area (Å²) < 4.78 is 19.4. The molecule has 0 heterocycles. The van der Waals surface area contributed by atoms with Crippen LogP contribution in [0.5, 0.6) is 0 Å². The molecular formula is C18H19FO2. The van der Waals surface area contributed by atoms with Crippen LogP contribution in [0, 0.1) is 11.7 Å². The van der Waals surface area contributed by atoms with Crippen molar-refractivity contribution < 1.29 is 13.9 Å². The highest BCUT2D eigenvalue weighted by Gasteiger charge is 2.23. The summed E-state index contributed by atoms with van der Waals surface area (Å²) in [5, 5.41) is 1.08. The Hall–Kier alpha value is -1.90. The molecule has 0 saturated heterocycles. The van der Waals surface area contributed by atoms with Crippen LogP contribution in [0.1, 0.15) is 43.0 Å². The number of ether oxygens (including phenoxy) is 1. The van der Waals surface area contributed by atoms with Crippen LogP contribution in [-0.2, 0) is 4.74 Å². The van der Waals surface area contributed by atoms with E-state index < -0.39 is 0 Å². The molecule has 1 aliphatic rings. The molecule has 2 nitrogen and oxygen atoms in total.